The summed E-state index contributed by atoms with van der Waals surface area (Å²) in [5.41, 5.74) is 0. The van der Waals surface area contributed by atoms with Gasteiger partial charge in [-0.25, -0.2) is 0 Å². The Labute approximate surface area is 72.6 Å². The van der Waals surface area contributed by atoms with Gasteiger partial charge in [-0.05, 0) is 25.9 Å². The van der Waals surface area contributed by atoms with Crippen molar-refractivity contribution in [3.8, 4) is 6.07 Å². The van der Waals surface area contributed by atoms with E-state index >= 15 is 0 Å². The van der Waals surface area contributed by atoms with Crippen molar-refractivity contribution in [2.45, 2.75) is 12.8 Å². The average molecular weight is 170 g/mol. The molecule has 0 bridgehead atoms. The summed E-state index contributed by atoms with van der Waals surface area (Å²) in [4.78, 5) is 2.48. The van der Waals surface area contributed by atoms with Gasteiger partial charge in [0.05, 0.1) is 11.8 Å². The van der Waals surface area contributed by atoms with E-state index in [0.717, 1.165) is 5.75 Å². The zero-order valence-electron chi connectivity index (χ0n) is 6.75. The van der Waals surface area contributed by atoms with Crippen LogP contribution in [0.5, 0.6) is 0 Å². The molecule has 0 aromatic heterocycles. The molecule has 0 spiro atoms. The molecule has 0 unspecified atom stereocenters. The maximum Gasteiger partial charge on any atom is 0.0808 e. The molecule has 1 saturated heterocycles. The molecule has 0 aromatic rings. The molecular formula is C8H14N2S. The van der Waals surface area contributed by atoms with Crippen LogP contribution >= 0.6 is 11.8 Å². The molecule has 3 heteroatoms. The first-order valence-electron chi connectivity index (χ1n) is 4.10. The van der Waals surface area contributed by atoms with Crippen molar-refractivity contribution in [3.63, 3.8) is 0 Å². The predicted molar refractivity (Wildman–Crippen MR) is 48.6 cm³/mol. The number of nitriles is 1. The van der Waals surface area contributed by atoms with Crippen molar-refractivity contribution in [1.29, 1.82) is 5.26 Å². The number of hydrogen-bond donors (Lipinski definition) is 0. The predicted octanol–water partition coefficient (Wildman–Crippen LogP) is 1.34. The second-order valence-corrected chi connectivity index (χ2v) is 3.86. The van der Waals surface area contributed by atoms with Crippen LogP contribution in [0.1, 0.15) is 12.8 Å². The van der Waals surface area contributed by atoms with E-state index in [2.05, 4.69) is 11.0 Å². The molecular weight excluding hydrogens is 156 g/mol. The Morgan fingerprint density at radius 1 is 1.36 bits per heavy atom. The van der Waals surface area contributed by atoms with Crippen molar-refractivity contribution < 1.29 is 0 Å². The Balaban J connectivity index is 1.90. The second-order valence-electron chi connectivity index (χ2n) is 2.76. The molecule has 11 heavy (non-hydrogen) atoms. The van der Waals surface area contributed by atoms with Crippen molar-refractivity contribution in [2.75, 3.05) is 31.1 Å². The van der Waals surface area contributed by atoms with E-state index in [1.807, 2.05) is 0 Å². The molecule has 1 rings (SSSR count). The van der Waals surface area contributed by atoms with Crippen molar-refractivity contribution in [3.05, 3.63) is 0 Å². The molecule has 62 valence electrons. The molecule has 0 atom stereocenters. The molecule has 1 aliphatic heterocycles. The van der Waals surface area contributed by atoms with Gasteiger partial charge in [0, 0.05) is 12.3 Å². The first-order chi connectivity index (χ1) is 5.43. The summed E-state index contributed by atoms with van der Waals surface area (Å²) in [5, 5.41) is 8.27. The van der Waals surface area contributed by atoms with Crippen molar-refractivity contribution in [1.82, 2.24) is 4.90 Å². The van der Waals surface area contributed by atoms with Crippen LogP contribution < -0.4 is 0 Å². The van der Waals surface area contributed by atoms with Crippen molar-refractivity contribution >= 4 is 11.8 Å². The minimum Gasteiger partial charge on any atom is -0.303 e. The molecule has 0 aromatic carbocycles. The summed E-state index contributed by atoms with van der Waals surface area (Å²) in [6.45, 7) is 3.71. The topological polar surface area (TPSA) is 27.0 Å². The highest BCUT2D eigenvalue weighted by atomic mass is 32.2. The molecule has 2 nitrogen and oxygen atoms in total. The molecule has 0 radical (unpaired) electrons. The molecule has 0 aliphatic carbocycles. The van der Waals surface area contributed by atoms with Gasteiger partial charge in [-0.15, -0.1) is 11.8 Å². The van der Waals surface area contributed by atoms with E-state index in [-0.39, 0.29) is 0 Å². The highest BCUT2D eigenvalue weighted by Crippen LogP contribution is 2.08. The fourth-order valence-corrected chi connectivity index (χ4v) is 1.94. The Kier molecular flexibility index (Phi) is 4.41. The SMILES string of the molecule is N#CCSCCN1CCCC1. The molecule has 1 aliphatic rings. The van der Waals surface area contributed by atoms with E-state index in [1.165, 1.54) is 32.5 Å². The Morgan fingerprint density at radius 2 is 2.09 bits per heavy atom. The monoisotopic (exact) mass is 170 g/mol. The minimum atomic E-state index is 0.647. The quantitative estimate of drug-likeness (QED) is 0.596. The van der Waals surface area contributed by atoms with E-state index < -0.39 is 0 Å². The molecule has 0 amide bonds. The van der Waals surface area contributed by atoms with E-state index in [9.17, 15) is 0 Å². The molecule has 1 fully saturated rings. The Bertz CT molecular complexity index is 136. The van der Waals surface area contributed by atoms with Crippen LogP contribution in [0.15, 0.2) is 0 Å². The van der Waals surface area contributed by atoms with Crippen LogP contribution in [0.3, 0.4) is 0 Å². The van der Waals surface area contributed by atoms with Gasteiger partial charge < -0.3 is 4.90 Å². The molecule has 1 heterocycles. The number of rotatable bonds is 4. The van der Waals surface area contributed by atoms with Gasteiger partial charge in [-0.2, -0.15) is 5.26 Å². The third-order valence-corrected chi connectivity index (χ3v) is 2.72. The minimum absolute atomic E-state index is 0.647. The second kappa shape index (κ2) is 5.45. The number of nitrogens with zero attached hydrogens (tertiary/aromatic N) is 2. The number of likely N-dealkylation sites (tertiary alicyclic amines) is 1. The fraction of sp³-hybridized carbons (Fsp3) is 0.875. The average Bonchev–Trinajstić information content (AvgIpc) is 2.50. The highest BCUT2D eigenvalue weighted by molar-refractivity contribution is 7.99. The highest BCUT2D eigenvalue weighted by Gasteiger charge is 2.09. The number of thioether (sulfide) groups is 1. The Morgan fingerprint density at radius 3 is 2.73 bits per heavy atom. The van der Waals surface area contributed by atoms with E-state index in [1.54, 1.807) is 11.8 Å². The van der Waals surface area contributed by atoms with Gasteiger partial charge >= 0.3 is 0 Å². The first-order valence-corrected chi connectivity index (χ1v) is 5.26. The van der Waals surface area contributed by atoms with Gasteiger partial charge in [-0.3, -0.25) is 0 Å². The lowest BCUT2D eigenvalue weighted by atomic mass is 10.4. The standard InChI is InChI=1S/C8H14N2S/c9-3-7-11-8-6-10-4-1-2-5-10/h1-2,4-8H2. The van der Waals surface area contributed by atoms with Gasteiger partial charge in [0.2, 0.25) is 0 Å². The van der Waals surface area contributed by atoms with Gasteiger partial charge in [-0.1, -0.05) is 0 Å². The summed E-state index contributed by atoms with van der Waals surface area (Å²) in [6.07, 6.45) is 2.73. The third-order valence-electron chi connectivity index (χ3n) is 1.92. The molecule has 0 saturated carbocycles. The maximum atomic E-state index is 8.27. The smallest absolute Gasteiger partial charge is 0.0808 e. The zero-order chi connectivity index (χ0) is 7.94. The fourth-order valence-electron chi connectivity index (χ4n) is 1.32. The normalized spacial score (nSPS) is 18.5. The maximum absolute atomic E-state index is 8.27. The van der Waals surface area contributed by atoms with Crippen molar-refractivity contribution in [2.24, 2.45) is 0 Å². The van der Waals surface area contributed by atoms with Crippen LogP contribution in [0, 0.1) is 11.3 Å². The van der Waals surface area contributed by atoms with Gasteiger partial charge in [0.15, 0.2) is 0 Å². The summed E-state index contributed by atoms with van der Waals surface area (Å²) in [6, 6.07) is 2.14. The van der Waals surface area contributed by atoms with Crippen LogP contribution in [0.4, 0.5) is 0 Å². The lowest BCUT2D eigenvalue weighted by Crippen LogP contribution is -2.21. The summed E-state index contributed by atoms with van der Waals surface area (Å²) >= 11 is 1.74. The summed E-state index contributed by atoms with van der Waals surface area (Å²) in [5.74, 6) is 1.77. The first kappa shape index (κ1) is 8.89. The van der Waals surface area contributed by atoms with Crippen LogP contribution in [-0.2, 0) is 0 Å². The molecule has 0 N–H and O–H groups in total. The summed E-state index contributed by atoms with van der Waals surface area (Å²) in [7, 11) is 0. The van der Waals surface area contributed by atoms with Gasteiger partial charge in [0.1, 0.15) is 0 Å². The van der Waals surface area contributed by atoms with Gasteiger partial charge in [0.25, 0.3) is 0 Å². The lowest BCUT2D eigenvalue weighted by Gasteiger charge is -2.12. The van der Waals surface area contributed by atoms with E-state index in [0.29, 0.717) is 5.75 Å². The summed E-state index contributed by atoms with van der Waals surface area (Å²) < 4.78 is 0. The zero-order valence-corrected chi connectivity index (χ0v) is 7.57. The third kappa shape index (κ3) is 3.64. The Hall–Kier alpha value is -0.200. The van der Waals surface area contributed by atoms with E-state index in [4.69, 9.17) is 5.26 Å². The van der Waals surface area contributed by atoms with Crippen LogP contribution in [-0.4, -0.2) is 36.0 Å². The largest absolute Gasteiger partial charge is 0.303 e. The number of hydrogen-bond acceptors (Lipinski definition) is 3. The lowest BCUT2D eigenvalue weighted by molar-refractivity contribution is 0.362. The van der Waals surface area contributed by atoms with Crippen LogP contribution in [0.25, 0.3) is 0 Å². The van der Waals surface area contributed by atoms with Crippen LogP contribution in [0.2, 0.25) is 0 Å².